The van der Waals surface area contributed by atoms with Crippen LogP contribution in [0.15, 0.2) is 60.7 Å². The van der Waals surface area contributed by atoms with Crippen molar-refractivity contribution in [2.24, 2.45) is 0 Å². The molecule has 2 fully saturated rings. The van der Waals surface area contributed by atoms with E-state index in [2.05, 4.69) is 15.9 Å². The lowest BCUT2D eigenvalue weighted by Gasteiger charge is -2.40. The summed E-state index contributed by atoms with van der Waals surface area (Å²) >= 11 is 3.29. The Kier molecular flexibility index (Phi) is 4.91. The van der Waals surface area contributed by atoms with Crippen molar-refractivity contribution in [3.8, 4) is 0 Å². The fourth-order valence-electron chi connectivity index (χ4n) is 3.85. The van der Waals surface area contributed by atoms with E-state index in [0.717, 1.165) is 11.1 Å². The molecule has 2 heterocycles. The molecule has 28 heavy (non-hydrogen) atoms. The van der Waals surface area contributed by atoms with Crippen molar-refractivity contribution in [2.45, 2.75) is 40.9 Å². The third-order valence-electron chi connectivity index (χ3n) is 5.35. The molecule has 0 spiro atoms. The minimum absolute atomic E-state index is 0.221. The maximum Gasteiger partial charge on any atom is 0.331 e. The van der Waals surface area contributed by atoms with E-state index in [1.807, 2.05) is 60.7 Å². The molecular weight excluding hydrogens is 442 g/mol. The highest BCUT2D eigenvalue weighted by Gasteiger charge is 2.67. The summed E-state index contributed by atoms with van der Waals surface area (Å²) in [6, 6.07) is 18.1. The Morgan fingerprint density at radius 2 is 1.57 bits per heavy atom. The van der Waals surface area contributed by atoms with Gasteiger partial charge in [0.15, 0.2) is 6.10 Å². The molecule has 4 rings (SSSR count). The van der Waals surface area contributed by atoms with Gasteiger partial charge in [0.05, 0.1) is 15.5 Å². The summed E-state index contributed by atoms with van der Waals surface area (Å²) in [7, 11) is -1.37. The molecule has 0 bridgehead atoms. The second-order valence-corrected chi connectivity index (χ2v) is 10.6. The van der Waals surface area contributed by atoms with Gasteiger partial charge in [-0.3, -0.25) is 9.00 Å². The van der Waals surface area contributed by atoms with Crippen molar-refractivity contribution in [3.63, 3.8) is 0 Å². The zero-order chi connectivity index (χ0) is 20.1. The van der Waals surface area contributed by atoms with Crippen LogP contribution in [0.2, 0.25) is 0 Å². The standard InChI is InChI=1S/C21H20BrNO4S/c1-21(2)17(23-18(24)15(22)19(23)28(21)26)20(25)27-16(13-9-5-3-6-10-13)14-11-7-4-8-12-14/h3-12,15-17,19H,1-2H3/t15-,17-,19+,28+/m0/s1. The van der Waals surface area contributed by atoms with Gasteiger partial charge >= 0.3 is 5.97 Å². The first kappa shape index (κ1) is 19.3. The molecule has 2 aliphatic heterocycles. The van der Waals surface area contributed by atoms with Crippen LogP contribution in [0.4, 0.5) is 0 Å². The smallest absolute Gasteiger partial charge is 0.331 e. The first-order chi connectivity index (χ1) is 13.3. The maximum absolute atomic E-state index is 13.2. The second kappa shape index (κ2) is 7.12. The molecule has 0 unspecified atom stereocenters. The Labute approximate surface area is 174 Å². The second-order valence-electron chi connectivity index (χ2n) is 7.48. The highest BCUT2D eigenvalue weighted by atomic mass is 79.9. The molecular formula is C21H20BrNO4S. The number of hydrogen-bond acceptors (Lipinski definition) is 4. The Morgan fingerprint density at radius 3 is 2.07 bits per heavy atom. The van der Waals surface area contributed by atoms with Crippen molar-refractivity contribution >= 4 is 38.6 Å². The van der Waals surface area contributed by atoms with Crippen molar-refractivity contribution in [2.75, 3.05) is 0 Å². The van der Waals surface area contributed by atoms with Crippen LogP contribution >= 0.6 is 15.9 Å². The summed E-state index contributed by atoms with van der Waals surface area (Å²) in [5.41, 5.74) is 1.67. The predicted octanol–water partition coefficient (Wildman–Crippen LogP) is 3.16. The van der Waals surface area contributed by atoms with Crippen molar-refractivity contribution in [3.05, 3.63) is 71.8 Å². The number of esters is 1. The number of carbonyl (C=O) groups is 2. The summed E-state index contributed by atoms with van der Waals surface area (Å²) < 4.78 is 17.9. The number of carbonyl (C=O) groups excluding carboxylic acids is 2. The van der Waals surface area contributed by atoms with Crippen LogP contribution in [-0.4, -0.2) is 42.0 Å². The number of fused-ring (bicyclic) bond motifs is 1. The molecule has 0 saturated carbocycles. The molecule has 2 saturated heterocycles. The molecule has 4 atom stereocenters. The number of alkyl halides is 1. The molecule has 2 aliphatic rings. The lowest BCUT2D eigenvalue weighted by atomic mass is 9.97. The summed E-state index contributed by atoms with van der Waals surface area (Å²) in [5.74, 6) is -0.756. The Morgan fingerprint density at radius 1 is 1.07 bits per heavy atom. The molecule has 5 nitrogen and oxygen atoms in total. The van der Waals surface area contributed by atoms with Gasteiger partial charge in [-0.25, -0.2) is 4.79 Å². The van der Waals surface area contributed by atoms with Crippen LogP contribution in [0.3, 0.4) is 0 Å². The minimum Gasteiger partial charge on any atom is -0.451 e. The normalized spacial score (nSPS) is 28.0. The van der Waals surface area contributed by atoms with Gasteiger partial charge in [0.25, 0.3) is 0 Å². The molecule has 0 aliphatic carbocycles. The topological polar surface area (TPSA) is 63.7 Å². The van der Waals surface area contributed by atoms with Crippen molar-refractivity contribution in [1.29, 1.82) is 0 Å². The number of nitrogens with zero attached hydrogens (tertiary/aromatic N) is 1. The fourth-order valence-corrected chi connectivity index (χ4v) is 6.75. The molecule has 0 aromatic heterocycles. The van der Waals surface area contributed by atoms with Gasteiger partial charge in [-0.05, 0) is 25.0 Å². The average molecular weight is 462 g/mol. The number of hydrogen-bond donors (Lipinski definition) is 0. The van der Waals surface area contributed by atoms with Crippen LogP contribution in [0, 0.1) is 0 Å². The lowest BCUT2D eigenvalue weighted by molar-refractivity contribution is -0.163. The Balaban J connectivity index is 1.67. The van der Waals surface area contributed by atoms with Crippen LogP contribution in [0.25, 0.3) is 0 Å². The third-order valence-corrected chi connectivity index (χ3v) is 8.79. The number of rotatable bonds is 4. The molecule has 2 aromatic rings. The van der Waals surface area contributed by atoms with E-state index in [0.29, 0.717) is 0 Å². The quantitative estimate of drug-likeness (QED) is 0.398. The maximum atomic E-state index is 13.2. The summed E-state index contributed by atoms with van der Waals surface area (Å²) in [5, 5.41) is -0.494. The largest absolute Gasteiger partial charge is 0.451 e. The van der Waals surface area contributed by atoms with Gasteiger partial charge in [0.1, 0.15) is 16.2 Å². The van der Waals surface area contributed by atoms with E-state index in [-0.39, 0.29) is 5.91 Å². The Bertz CT molecular complexity index is 894. The molecule has 7 heteroatoms. The third kappa shape index (κ3) is 2.92. The summed E-state index contributed by atoms with van der Waals surface area (Å²) in [6.07, 6.45) is -0.602. The fraction of sp³-hybridized carbons (Fsp3) is 0.333. The molecule has 0 N–H and O–H groups in total. The monoisotopic (exact) mass is 461 g/mol. The van der Waals surface area contributed by atoms with E-state index in [4.69, 9.17) is 4.74 Å². The lowest BCUT2D eigenvalue weighted by Crippen LogP contribution is -2.64. The number of amides is 1. The average Bonchev–Trinajstić information content (AvgIpc) is 2.91. The number of halogens is 1. The highest BCUT2D eigenvalue weighted by molar-refractivity contribution is 9.10. The van der Waals surface area contributed by atoms with Gasteiger partial charge in [-0.2, -0.15) is 0 Å². The number of benzene rings is 2. The van der Waals surface area contributed by atoms with Crippen molar-refractivity contribution < 1.29 is 18.5 Å². The zero-order valence-electron chi connectivity index (χ0n) is 15.4. The predicted molar refractivity (Wildman–Crippen MR) is 110 cm³/mol. The summed E-state index contributed by atoms with van der Waals surface area (Å²) in [4.78, 5) is 26.5. The molecule has 146 valence electrons. The van der Waals surface area contributed by atoms with Gasteiger partial charge in [0, 0.05) is 0 Å². The number of β-lactam (4-membered cyclic amide) rings is 1. The number of ether oxygens (including phenoxy) is 1. The highest BCUT2D eigenvalue weighted by Crippen LogP contribution is 2.46. The van der Waals surface area contributed by atoms with Gasteiger partial charge < -0.3 is 9.64 Å². The van der Waals surface area contributed by atoms with Crippen LogP contribution in [0.5, 0.6) is 0 Å². The van der Waals surface area contributed by atoms with Crippen LogP contribution in [-0.2, 0) is 25.1 Å². The van der Waals surface area contributed by atoms with E-state index in [1.54, 1.807) is 13.8 Å². The molecule has 1 amide bonds. The molecule has 2 aromatic carbocycles. The first-order valence-corrected chi connectivity index (χ1v) is 11.1. The van der Waals surface area contributed by atoms with Gasteiger partial charge in [-0.15, -0.1) is 0 Å². The van der Waals surface area contributed by atoms with E-state index in [9.17, 15) is 13.8 Å². The molecule has 0 radical (unpaired) electrons. The SMILES string of the molecule is CC1(C)[C@H](C(=O)OC(c2ccccc2)c2ccccc2)N2C(=O)[C@H](Br)[C@H]2[S@]1=O. The zero-order valence-corrected chi connectivity index (χ0v) is 17.9. The van der Waals surface area contributed by atoms with Crippen LogP contribution < -0.4 is 0 Å². The van der Waals surface area contributed by atoms with Gasteiger partial charge in [0.2, 0.25) is 5.91 Å². The van der Waals surface area contributed by atoms with E-state index < -0.39 is 43.9 Å². The van der Waals surface area contributed by atoms with E-state index in [1.165, 1.54) is 4.90 Å². The Hall–Kier alpha value is -1.99. The first-order valence-electron chi connectivity index (χ1n) is 9.01. The van der Waals surface area contributed by atoms with Crippen molar-refractivity contribution in [1.82, 2.24) is 4.90 Å². The van der Waals surface area contributed by atoms with Gasteiger partial charge in [-0.1, -0.05) is 76.6 Å². The van der Waals surface area contributed by atoms with E-state index >= 15 is 0 Å². The summed E-state index contributed by atoms with van der Waals surface area (Å²) in [6.45, 7) is 3.50. The van der Waals surface area contributed by atoms with Crippen LogP contribution in [0.1, 0.15) is 31.1 Å². The minimum atomic E-state index is -1.37.